The van der Waals surface area contributed by atoms with E-state index >= 15 is 0 Å². The third-order valence-corrected chi connectivity index (χ3v) is 3.10. The van der Waals surface area contributed by atoms with Crippen LogP contribution < -0.4 is 5.32 Å². The van der Waals surface area contributed by atoms with Crippen molar-refractivity contribution in [2.75, 3.05) is 26.7 Å². The van der Waals surface area contributed by atoms with E-state index in [-0.39, 0.29) is 30.1 Å². The van der Waals surface area contributed by atoms with E-state index in [1.54, 1.807) is 19.1 Å². The molecule has 0 bridgehead atoms. The van der Waals surface area contributed by atoms with Gasteiger partial charge in [0.15, 0.2) is 5.76 Å². The maximum atomic E-state index is 12.4. The van der Waals surface area contributed by atoms with Crippen LogP contribution >= 0.6 is 0 Å². The summed E-state index contributed by atoms with van der Waals surface area (Å²) in [5.41, 5.74) is 0. The van der Waals surface area contributed by atoms with Gasteiger partial charge >= 0.3 is 5.97 Å². The smallest absolute Gasteiger partial charge is 0.310 e. The number of carbonyl (C=O) groups is 3. The van der Waals surface area contributed by atoms with Crippen molar-refractivity contribution >= 4 is 17.8 Å². The molecule has 1 rings (SSSR count). The number of nitrogens with one attached hydrogen (secondary N) is 1. The highest BCUT2D eigenvalue weighted by Crippen LogP contribution is 2.10. The lowest BCUT2D eigenvalue weighted by molar-refractivity contribution is -0.145. The average Bonchev–Trinajstić information content (AvgIpc) is 3.02. The van der Waals surface area contributed by atoms with E-state index < -0.39 is 5.92 Å². The lowest BCUT2D eigenvalue weighted by atomic mass is 10.1. The van der Waals surface area contributed by atoms with E-state index in [1.807, 2.05) is 0 Å². The first kappa shape index (κ1) is 17.7. The fraction of sp³-hybridized carbons (Fsp3) is 0.533. The Bertz CT molecular complexity index is 498. The summed E-state index contributed by atoms with van der Waals surface area (Å²) in [6, 6.07) is 3.21. The lowest BCUT2D eigenvalue weighted by Gasteiger charge is -2.24. The molecule has 7 heteroatoms. The number of amides is 2. The summed E-state index contributed by atoms with van der Waals surface area (Å²) in [5.74, 6) is -1.00. The number of hydrogen-bond acceptors (Lipinski definition) is 5. The lowest BCUT2D eigenvalue weighted by Crippen LogP contribution is -2.39. The standard InChI is InChI=1S/C15H22N2O5/c1-11(15(20)21-3)10-17(8-5-7-16-12(2)18)14(19)13-6-4-9-22-13/h4,6,9,11H,5,7-8,10H2,1-3H3,(H,16,18). The highest BCUT2D eigenvalue weighted by molar-refractivity contribution is 5.91. The molecule has 122 valence electrons. The molecule has 0 saturated carbocycles. The quantitative estimate of drug-likeness (QED) is 0.573. The molecule has 7 nitrogen and oxygen atoms in total. The zero-order valence-electron chi connectivity index (χ0n) is 13.1. The van der Waals surface area contributed by atoms with Gasteiger partial charge in [0.05, 0.1) is 19.3 Å². The molecule has 0 saturated heterocycles. The van der Waals surface area contributed by atoms with Crippen molar-refractivity contribution in [3.63, 3.8) is 0 Å². The van der Waals surface area contributed by atoms with Gasteiger partial charge in [-0.25, -0.2) is 0 Å². The molecule has 1 aromatic rings. The monoisotopic (exact) mass is 310 g/mol. The molecule has 1 aromatic heterocycles. The van der Waals surface area contributed by atoms with Crippen molar-refractivity contribution in [1.82, 2.24) is 10.2 Å². The second kappa shape index (κ2) is 8.86. The van der Waals surface area contributed by atoms with Gasteiger partial charge in [-0.05, 0) is 18.6 Å². The van der Waals surface area contributed by atoms with Gasteiger partial charge in [0.25, 0.3) is 5.91 Å². The van der Waals surface area contributed by atoms with Crippen LogP contribution in [-0.4, -0.2) is 49.4 Å². The Balaban J connectivity index is 2.65. The van der Waals surface area contributed by atoms with E-state index in [0.717, 1.165) is 0 Å². The van der Waals surface area contributed by atoms with E-state index in [0.29, 0.717) is 19.5 Å². The zero-order chi connectivity index (χ0) is 16.5. The maximum absolute atomic E-state index is 12.4. The highest BCUT2D eigenvalue weighted by atomic mass is 16.5. The van der Waals surface area contributed by atoms with Gasteiger partial charge in [0, 0.05) is 26.6 Å². The molecule has 0 radical (unpaired) electrons. The molecular formula is C15H22N2O5. The fourth-order valence-corrected chi connectivity index (χ4v) is 1.97. The van der Waals surface area contributed by atoms with Gasteiger partial charge in [-0.15, -0.1) is 0 Å². The van der Waals surface area contributed by atoms with Gasteiger partial charge < -0.3 is 19.4 Å². The van der Waals surface area contributed by atoms with Gasteiger partial charge in [-0.1, -0.05) is 6.92 Å². The van der Waals surface area contributed by atoms with Crippen LogP contribution in [0.2, 0.25) is 0 Å². The van der Waals surface area contributed by atoms with Crippen molar-refractivity contribution in [3.8, 4) is 0 Å². The molecular weight excluding hydrogens is 288 g/mol. The first-order valence-electron chi connectivity index (χ1n) is 7.10. The molecule has 1 unspecified atom stereocenters. The van der Waals surface area contributed by atoms with Crippen molar-refractivity contribution in [3.05, 3.63) is 24.2 Å². The summed E-state index contributed by atoms with van der Waals surface area (Å²) in [6.07, 6.45) is 2.01. The molecule has 2 amide bonds. The van der Waals surface area contributed by atoms with Gasteiger partial charge in [0.1, 0.15) is 0 Å². The third kappa shape index (κ3) is 5.59. The van der Waals surface area contributed by atoms with Crippen molar-refractivity contribution in [2.24, 2.45) is 5.92 Å². The zero-order valence-corrected chi connectivity index (χ0v) is 13.1. The second-order valence-corrected chi connectivity index (χ2v) is 4.99. The Morgan fingerprint density at radius 3 is 2.68 bits per heavy atom. The average molecular weight is 310 g/mol. The maximum Gasteiger partial charge on any atom is 0.310 e. The molecule has 0 aromatic carbocycles. The minimum Gasteiger partial charge on any atom is -0.469 e. The second-order valence-electron chi connectivity index (χ2n) is 4.99. The van der Waals surface area contributed by atoms with Crippen LogP contribution in [0.1, 0.15) is 30.8 Å². The molecule has 0 spiro atoms. The molecule has 1 N–H and O–H groups in total. The van der Waals surface area contributed by atoms with Crippen LogP contribution in [0.25, 0.3) is 0 Å². The Labute approximate surface area is 129 Å². The number of rotatable bonds is 8. The molecule has 22 heavy (non-hydrogen) atoms. The van der Waals surface area contributed by atoms with Crippen LogP contribution in [0.4, 0.5) is 0 Å². The van der Waals surface area contributed by atoms with Gasteiger partial charge in [0.2, 0.25) is 5.91 Å². The SMILES string of the molecule is COC(=O)C(C)CN(CCCNC(C)=O)C(=O)c1ccco1. The number of furan rings is 1. The number of nitrogens with zero attached hydrogens (tertiary/aromatic N) is 1. The third-order valence-electron chi connectivity index (χ3n) is 3.10. The molecule has 1 atom stereocenters. The van der Waals surface area contributed by atoms with Gasteiger partial charge in [-0.2, -0.15) is 0 Å². The van der Waals surface area contributed by atoms with Crippen LogP contribution in [0.5, 0.6) is 0 Å². The number of carbonyl (C=O) groups excluding carboxylic acids is 3. The number of methoxy groups -OCH3 is 1. The minimum absolute atomic E-state index is 0.119. The summed E-state index contributed by atoms with van der Waals surface area (Å²) in [7, 11) is 1.31. The molecule has 0 aliphatic heterocycles. The fourth-order valence-electron chi connectivity index (χ4n) is 1.97. The Hall–Kier alpha value is -2.31. The Morgan fingerprint density at radius 2 is 2.14 bits per heavy atom. The minimum atomic E-state index is -0.440. The number of ether oxygens (including phenoxy) is 1. The summed E-state index contributed by atoms with van der Waals surface area (Å²) >= 11 is 0. The van der Waals surface area contributed by atoms with Crippen molar-refractivity contribution in [1.29, 1.82) is 0 Å². The Kier molecular flexibility index (Phi) is 7.15. The topological polar surface area (TPSA) is 88.9 Å². The molecule has 0 aliphatic rings. The van der Waals surface area contributed by atoms with E-state index in [1.165, 1.54) is 25.2 Å². The molecule has 0 fully saturated rings. The number of hydrogen-bond donors (Lipinski definition) is 1. The first-order valence-corrected chi connectivity index (χ1v) is 7.10. The van der Waals surface area contributed by atoms with Crippen LogP contribution in [0.3, 0.4) is 0 Å². The first-order chi connectivity index (χ1) is 10.5. The van der Waals surface area contributed by atoms with Crippen molar-refractivity contribution in [2.45, 2.75) is 20.3 Å². The predicted octanol–water partition coefficient (Wildman–Crippen LogP) is 1.06. The Morgan fingerprint density at radius 1 is 1.41 bits per heavy atom. The summed E-state index contributed by atoms with van der Waals surface area (Å²) in [5, 5.41) is 2.67. The van der Waals surface area contributed by atoms with E-state index in [4.69, 9.17) is 4.42 Å². The van der Waals surface area contributed by atoms with Gasteiger partial charge in [-0.3, -0.25) is 14.4 Å². The number of esters is 1. The predicted molar refractivity (Wildman–Crippen MR) is 79.1 cm³/mol. The summed E-state index contributed by atoms with van der Waals surface area (Å²) < 4.78 is 9.80. The molecule has 0 aliphatic carbocycles. The highest BCUT2D eigenvalue weighted by Gasteiger charge is 2.23. The summed E-state index contributed by atoms with van der Waals surface area (Å²) in [6.45, 7) is 4.23. The van der Waals surface area contributed by atoms with Crippen LogP contribution in [0.15, 0.2) is 22.8 Å². The van der Waals surface area contributed by atoms with E-state index in [2.05, 4.69) is 10.1 Å². The normalized spacial score (nSPS) is 11.6. The van der Waals surface area contributed by atoms with Crippen molar-refractivity contribution < 1.29 is 23.5 Å². The van der Waals surface area contributed by atoms with Crippen LogP contribution in [-0.2, 0) is 14.3 Å². The molecule has 1 heterocycles. The largest absolute Gasteiger partial charge is 0.469 e. The van der Waals surface area contributed by atoms with Crippen LogP contribution in [0, 0.1) is 5.92 Å². The van der Waals surface area contributed by atoms with E-state index in [9.17, 15) is 14.4 Å². The summed E-state index contributed by atoms with van der Waals surface area (Å²) in [4.78, 5) is 36.3.